The van der Waals surface area contributed by atoms with Crippen molar-refractivity contribution in [3.63, 3.8) is 0 Å². The first kappa shape index (κ1) is 26.9. The standard InChI is InChI=1S/C24H25ClF3NO6S/c1-11(30)22(31)24(33)13-3-4-14(24)8-16(7-13)36(34,35)20-6-12(2-5-17(20)25)23(32)29-15-9-18(26)21(28)19(27)10-15/h2,5-6,9-11,13-14,16,22,30-31,33H,3-4,7-8H2,1H3,(H,29,32)/t11-,13+,14?,16+,22-,24+/m1/s1. The van der Waals surface area contributed by atoms with Crippen LogP contribution in [-0.2, 0) is 9.84 Å². The molecule has 1 unspecified atom stereocenters. The van der Waals surface area contributed by atoms with Gasteiger partial charge in [-0.05, 0) is 62.6 Å². The van der Waals surface area contributed by atoms with Crippen LogP contribution in [0.25, 0.3) is 0 Å². The van der Waals surface area contributed by atoms with E-state index in [1.54, 1.807) is 0 Å². The van der Waals surface area contributed by atoms with Crippen LogP contribution < -0.4 is 5.32 Å². The molecular weight excluding hydrogens is 523 g/mol. The first-order chi connectivity index (χ1) is 16.8. The average molecular weight is 548 g/mol. The number of halogens is 4. The molecule has 0 heterocycles. The summed E-state index contributed by atoms with van der Waals surface area (Å²) in [5, 5.41) is 32.5. The maximum Gasteiger partial charge on any atom is 0.255 e. The van der Waals surface area contributed by atoms with E-state index in [1.165, 1.54) is 19.1 Å². The molecule has 0 aliphatic heterocycles. The lowest BCUT2D eigenvalue weighted by molar-refractivity contribution is -0.172. The normalized spacial score (nSPS) is 27.5. The van der Waals surface area contributed by atoms with Crippen molar-refractivity contribution in [2.24, 2.45) is 11.8 Å². The number of aliphatic hydroxyl groups is 3. The van der Waals surface area contributed by atoms with Gasteiger partial charge in [-0.2, -0.15) is 0 Å². The van der Waals surface area contributed by atoms with Gasteiger partial charge in [0.2, 0.25) is 0 Å². The maximum atomic E-state index is 13.6. The van der Waals surface area contributed by atoms with Crippen molar-refractivity contribution in [3.05, 3.63) is 58.4 Å². The van der Waals surface area contributed by atoms with Crippen LogP contribution in [0.3, 0.4) is 0 Å². The molecule has 7 nitrogen and oxygen atoms in total. The average Bonchev–Trinajstić information content (AvgIpc) is 2.98. The summed E-state index contributed by atoms with van der Waals surface area (Å²) in [6.45, 7) is 1.36. The SMILES string of the molecule is C[C@@H](O)[C@@H](O)[C@@]1(O)C2CC[C@H]1C[C@H](S(=O)(=O)c1cc(C(=O)Nc3cc(F)c(F)c(F)c3)ccc1Cl)C2. The molecule has 2 aliphatic rings. The lowest BCUT2D eigenvalue weighted by Gasteiger charge is -2.46. The molecule has 12 heteroatoms. The second kappa shape index (κ2) is 9.60. The number of nitrogens with one attached hydrogen (secondary N) is 1. The first-order valence-corrected chi connectivity index (χ1v) is 13.3. The van der Waals surface area contributed by atoms with Crippen LogP contribution >= 0.6 is 11.6 Å². The Morgan fingerprint density at radius 2 is 1.64 bits per heavy atom. The summed E-state index contributed by atoms with van der Waals surface area (Å²) < 4.78 is 67.2. The largest absolute Gasteiger partial charge is 0.391 e. The molecule has 2 aromatic carbocycles. The van der Waals surface area contributed by atoms with Gasteiger partial charge in [0.15, 0.2) is 27.3 Å². The van der Waals surface area contributed by atoms with E-state index in [1.807, 2.05) is 0 Å². The van der Waals surface area contributed by atoms with Crippen LogP contribution in [0.15, 0.2) is 35.2 Å². The Morgan fingerprint density at radius 3 is 2.17 bits per heavy atom. The third-order valence-corrected chi connectivity index (χ3v) is 10.0. The number of rotatable bonds is 6. The van der Waals surface area contributed by atoms with E-state index in [-0.39, 0.29) is 34.0 Å². The minimum Gasteiger partial charge on any atom is -0.391 e. The summed E-state index contributed by atoms with van der Waals surface area (Å²) >= 11 is 6.19. The van der Waals surface area contributed by atoms with Gasteiger partial charge in [0.05, 0.1) is 26.9 Å². The molecular formula is C24H25ClF3NO6S. The maximum absolute atomic E-state index is 13.6. The van der Waals surface area contributed by atoms with Gasteiger partial charge < -0.3 is 20.6 Å². The molecule has 196 valence electrons. The predicted octanol–water partition coefficient (Wildman–Crippen LogP) is 3.44. The molecule has 2 fully saturated rings. The van der Waals surface area contributed by atoms with Gasteiger partial charge in [-0.15, -0.1) is 0 Å². The number of sulfone groups is 1. The van der Waals surface area contributed by atoms with Crippen LogP contribution in [0.2, 0.25) is 5.02 Å². The number of aliphatic hydroxyl groups excluding tert-OH is 2. The second-order valence-corrected chi connectivity index (χ2v) is 12.1. The summed E-state index contributed by atoms with van der Waals surface area (Å²) in [6, 6.07) is 4.67. The molecule has 1 amide bonds. The van der Waals surface area contributed by atoms with Crippen molar-refractivity contribution >= 4 is 33.0 Å². The highest BCUT2D eigenvalue weighted by atomic mass is 35.5. The molecule has 6 atom stereocenters. The summed E-state index contributed by atoms with van der Waals surface area (Å²) in [6.07, 6.45) is -1.59. The zero-order valence-corrected chi connectivity index (χ0v) is 20.7. The number of hydrogen-bond donors (Lipinski definition) is 4. The van der Waals surface area contributed by atoms with Gasteiger partial charge in [-0.1, -0.05) is 11.6 Å². The quantitative estimate of drug-likeness (QED) is 0.411. The number of fused-ring (bicyclic) bond motifs is 2. The van der Waals surface area contributed by atoms with Gasteiger partial charge in [-0.25, -0.2) is 21.6 Å². The van der Waals surface area contributed by atoms with Gasteiger partial charge in [0.25, 0.3) is 5.91 Å². The van der Waals surface area contributed by atoms with Gasteiger partial charge in [0, 0.05) is 23.4 Å². The van der Waals surface area contributed by atoms with E-state index in [0.717, 1.165) is 6.07 Å². The minimum atomic E-state index is -4.10. The van der Waals surface area contributed by atoms with Crippen molar-refractivity contribution < 1.29 is 41.7 Å². The number of benzene rings is 2. The number of carbonyl (C=O) groups excluding carboxylic acids is 1. The fourth-order valence-electron chi connectivity index (χ4n) is 5.54. The lowest BCUT2D eigenvalue weighted by atomic mass is 9.70. The Hall–Kier alpha value is -2.18. The van der Waals surface area contributed by atoms with Crippen LogP contribution in [0.5, 0.6) is 0 Å². The Labute approximate surface area is 210 Å². The third kappa shape index (κ3) is 4.51. The van der Waals surface area contributed by atoms with Crippen molar-refractivity contribution in [3.8, 4) is 0 Å². The molecule has 36 heavy (non-hydrogen) atoms. The van der Waals surface area contributed by atoms with Crippen LogP contribution in [0.4, 0.5) is 18.9 Å². The van der Waals surface area contributed by atoms with Crippen molar-refractivity contribution in [1.82, 2.24) is 0 Å². The van der Waals surface area contributed by atoms with Crippen molar-refractivity contribution in [2.75, 3.05) is 5.32 Å². The first-order valence-electron chi connectivity index (χ1n) is 11.3. The fraction of sp³-hybridized carbons (Fsp3) is 0.458. The summed E-state index contributed by atoms with van der Waals surface area (Å²) in [4.78, 5) is 12.3. The zero-order valence-electron chi connectivity index (χ0n) is 19.1. The number of amides is 1. The predicted molar refractivity (Wildman–Crippen MR) is 125 cm³/mol. The molecule has 0 aromatic heterocycles. The van der Waals surface area contributed by atoms with Crippen molar-refractivity contribution in [2.45, 2.75) is 60.6 Å². The molecule has 2 aromatic rings. The fourth-order valence-corrected chi connectivity index (χ4v) is 7.94. The smallest absolute Gasteiger partial charge is 0.255 e. The molecule has 0 radical (unpaired) electrons. The molecule has 2 aliphatic carbocycles. The number of anilines is 1. The van der Waals surface area contributed by atoms with E-state index in [9.17, 15) is 41.7 Å². The van der Waals surface area contributed by atoms with Crippen LogP contribution in [0.1, 0.15) is 43.0 Å². The zero-order chi connectivity index (χ0) is 26.6. The van der Waals surface area contributed by atoms with E-state index >= 15 is 0 Å². The Bertz CT molecular complexity index is 1270. The molecule has 0 saturated heterocycles. The lowest BCUT2D eigenvalue weighted by Crippen LogP contribution is -2.58. The molecule has 0 spiro atoms. The molecule has 2 saturated carbocycles. The van der Waals surface area contributed by atoms with Gasteiger partial charge in [0.1, 0.15) is 6.10 Å². The highest BCUT2D eigenvalue weighted by Crippen LogP contribution is 2.54. The van der Waals surface area contributed by atoms with Gasteiger partial charge >= 0.3 is 0 Å². The molecule has 2 bridgehead atoms. The second-order valence-electron chi connectivity index (χ2n) is 9.54. The van der Waals surface area contributed by atoms with Crippen LogP contribution in [0, 0.1) is 29.3 Å². The number of carbonyl (C=O) groups is 1. The Balaban J connectivity index is 1.59. The summed E-state index contributed by atoms with van der Waals surface area (Å²) in [5.41, 5.74) is -2.13. The third-order valence-electron chi connectivity index (χ3n) is 7.38. The van der Waals surface area contributed by atoms with Gasteiger partial charge in [-0.3, -0.25) is 4.79 Å². The van der Waals surface area contributed by atoms with E-state index < -0.39 is 68.1 Å². The van der Waals surface area contributed by atoms with E-state index in [0.29, 0.717) is 25.0 Å². The topological polar surface area (TPSA) is 124 Å². The Morgan fingerprint density at radius 1 is 1.08 bits per heavy atom. The van der Waals surface area contributed by atoms with Crippen LogP contribution in [-0.4, -0.2) is 52.7 Å². The Kier molecular flexibility index (Phi) is 7.17. The van der Waals surface area contributed by atoms with E-state index in [2.05, 4.69) is 5.32 Å². The van der Waals surface area contributed by atoms with E-state index in [4.69, 9.17) is 11.6 Å². The highest BCUT2D eigenvalue weighted by molar-refractivity contribution is 7.92. The summed E-state index contributed by atoms with van der Waals surface area (Å²) in [7, 11) is -4.10. The number of hydrogen-bond acceptors (Lipinski definition) is 6. The highest BCUT2D eigenvalue weighted by Gasteiger charge is 2.59. The summed E-state index contributed by atoms with van der Waals surface area (Å²) in [5.74, 6) is -6.72. The minimum absolute atomic E-state index is 0.0278. The molecule has 4 N–H and O–H groups in total. The molecule has 4 rings (SSSR count). The monoisotopic (exact) mass is 547 g/mol. The van der Waals surface area contributed by atoms with Crippen molar-refractivity contribution in [1.29, 1.82) is 0 Å².